The molecule has 3 amide bonds. The number of nitrogens with zero attached hydrogens (tertiary/aromatic N) is 2. The molecule has 0 spiro atoms. The zero-order valence-corrected chi connectivity index (χ0v) is 13.3. The molecule has 3 heterocycles. The van der Waals surface area contributed by atoms with E-state index in [0.29, 0.717) is 5.92 Å². The van der Waals surface area contributed by atoms with Crippen molar-refractivity contribution < 1.29 is 9.59 Å². The van der Waals surface area contributed by atoms with Crippen LogP contribution in [0.25, 0.3) is 0 Å². The summed E-state index contributed by atoms with van der Waals surface area (Å²) < 4.78 is 0. The number of piperidine rings is 1. The molecule has 23 heavy (non-hydrogen) atoms. The minimum absolute atomic E-state index is 0.00274. The summed E-state index contributed by atoms with van der Waals surface area (Å²) in [5.41, 5.74) is 6.36. The predicted octanol–water partition coefficient (Wildman–Crippen LogP) is 0.778. The van der Waals surface area contributed by atoms with E-state index in [4.69, 9.17) is 5.73 Å². The maximum atomic E-state index is 12.3. The fraction of sp³-hybridized carbons (Fsp3) is 0.529. The van der Waals surface area contributed by atoms with Crippen molar-refractivity contribution in [3.8, 4) is 0 Å². The molecule has 3 aliphatic heterocycles. The average molecular weight is 316 g/mol. The highest BCUT2D eigenvalue weighted by molar-refractivity contribution is 5.83. The number of hydrogen-bond acceptors (Lipinski definition) is 3. The molecular weight excluding hydrogens is 292 g/mol. The molecule has 2 atom stereocenters. The van der Waals surface area contributed by atoms with Gasteiger partial charge in [0.2, 0.25) is 5.91 Å². The predicted molar refractivity (Wildman–Crippen MR) is 87.5 cm³/mol. The fourth-order valence-electron chi connectivity index (χ4n) is 3.72. The van der Waals surface area contributed by atoms with Crippen LogP contribution in [0.15, 0.2) is 30.3 Å². The van der Waals surface area contributed by atoms with Crippen LogP contribution in [0.2, 0.25) is 0 Å². The van der Waals surface area contributed by atoms with Crippen molar-refractivity contribution in [3.63, 3.8) is 0 Å². The van der Waals surface area contributed by atoms with Gasteiger partial charge in [-0.3, -0.25) is 9.69 Å². The number of hydrogen-bond donors (Lipinski definition) is 2. The van der Waals surface area contributed by atoms with E-state index in [1.54, 1.807) is 0 Å². The molecule has 1 aromatic rings. The van der Waals surface area contributed by atoms with E-state index in [9.17, 15) is 9.59 Å². The van der Waals surface area contributed by atoms with Crippen LogP contribution in [0, 0.1) is 5.92 Å². The van der Waals surface area contributed by atoms with Crippen LogP contribution in [0.3, 0.4) is 0 Å². The summed E-state index contributed by atoms with van der Waals surface area (Å²) in [6.07, 6.45) is 2.21. The number of amides is 3. The first-order valence-electron chi connectivity index (χ1n) is 8.21. The second-order valence-corrected chi connectivity index (χ2v) is 6.54. The third-order valence-corrected chi connectivity index (χ3v) is 4.77. The van der Waals surface area contributed by atoms with E-state index in [0.717, 1.165) is 32.6 Å². The normalized spacial score (nSPS) is 24.3. The molecule has 0 unspecified atom stereocenters. The van der Waals surface area contributed by atoms with Crippen LogP contribution in [-0.2, 0) is 11.3 Å². The average Bonchev–Trinajstić information content (AvgIpc) is 2.84. The van der Waals surface area contributed by atoms with Gasteiger partial charge in [-0.25, -0.2) is 4.79 Å². The Bertz CT molecular complexity index is 563. The molecule has 6 heteroatoms. The third-order valence-electron chi connectivity index (χ3n) is 4.77. The Labute approximate surface area is 136 Å². The van der Waals surface area contributed by atoms with Crippen LogP contribution in [0.4, 0.5) is 4.79 Å². The first-order valence-corrected chi connectivity index (χ1v) is 8.21. The number of urea groups is 1. The Kier molecular flexibility index (Phi) is 4.81. The van der Waals surface area contributed by atoms with Crippen molar-refractivity contribution in [1.29, 1.82) is 0 Å². The Hall–Kier alpha value is -2.08. The van der Waals surface area contributed by atoms with Crippen molar-refractivity contribution in [2.75, 3.05) is 26.2 Å². The van der Waals surface area contributed by atoms with Gasteiger partial charge in [0, 0.05) is 32.2 Å². The smallest absolute Gasteiger partial charge is 0.312 e. The largest absolute Gasteiger partial charge is 0.352 e. The summed E-state index contributed by atoms with van der Waals surface area (Å²) in [7, 11) is 0. The molecule has 3 N–H and O–H groups in total. The van der Waals surface area contributed by atoms with Gasteiger partial charge in [0.15, 0.2) is 0 Å². The Morgan fingerprint density at radius 1 is 1.13 bits per heavy atom. The van der Waals surface area contributed by atoms with Gasteiger partial charge in [0.05, 0.1) is 6.54 Å². The lowest BCUT2D eigenvalue weighted by molar-refractivity contribution is -0.134. The van der Waals surface area contributed by atoms with E-state index in [1.807, 2.05) is 11.0 Å². The van der Waals surface area contributed by atoms with E-state index >= 15 is 0 Å². The second kappa shape index (κ2) is 7.00. The van der Waals surface area contributed by atoms with Crippen LogP contribution in [0.1, 0.15) is 18.4 Å². The lowest BCUT2D eigenvalue weighted by Gasteiger charge is -2.36. The van der Waals surface area contributed by atoms with Gasteiger partial charge in [-0.2, -0.15) is 0 Å². The highest BCUT2D eigenvalue weighted by Gasteiger charge is 2.36. The number of fused-ring (bicyclic) bond motifs is 4. The quantitative estimate of drug-likeness (QED) is 0.861. The van der Waals surface area contributed by atoms with Crippen molar-refractivity contribution >= 4 is 11.9 Å². The molecule has 4 rings (SSSR count). The van der Waals surface area contributed by atoms with Crippen molar-refractivity contribution in [2.45, 2.75) is 25.4 Å². The number of nitrogens with one attached hydrogen (secondary N) is 1. The third kappa shape index (κ3) is 4.01. The van der Waals surface area contributed by atoms with Gasteiger partial charge < -0.3 is 16.0 Å². The summed E-state index contributed by atoms with van der Waals surface area (Å²) in [5, 5.41) is 2.41. The number of primary amides is 1. The zero-order chi connectivity index (χ0) is 16.2. The van der Waals surface area contributed by atoms with Crippen molar-refractivity contribution in [1.82, 2.24) is 15.1 Å². The molecule has 124 valence electrons. The number of carbonyl (C=O) groups excluding carboxylic acids is 2. The molecule has 3 saturated heterocycles. The Balaban J connectivity index is 1.63. The highest BCUT2D eigenvalue weighted by atomic mass is 16.2. The topological polar surface area (TPSA) is 78.7 Å². The molecule has 3 fully saturated rings. The molecule has 6 nitrogen and oxygen atoms in total. The molecule has 2 bridgehead atoms. The minimum Gasteiger partial charge on any atom is -0.352 e. The van der Waals surface area contributed by atoms with Crippen LogP contribution in [-0.4, -0.2) is 54.0 Å². The van der Waals surface area contributed by atoms with Gasteiger partial charge in [0.25, 0.3) is 0 Å². The molecule has 3 aliphatic rings. The Morgan fingerprint density at radius 3 is 2.65 bits per heavy atom. The fourth-order valence-corrected chi connectivity index (χ4v) is 3.72. The maximum Gasteiger partial charge on any atom is 0.312 e. The van der Waals surface area contributed by atoms with E-state index in [-0.39, 0.29) is 18.5 Å². The summed E-state index contributed by atoms with van der Waals surface area (Å²) in [5.74, 6) is 0.482. The highest BCUT2D eigenvalue weighted by Crippen LogP contribution is 2.28. The summed E-state index contributed by atoms with van der Waals surface area (Å²) >= 11 is 0. The van der Waals surface area contributed by atoms with Gasteiger partial charge in [-0.15, -0.1) is 0 Å². The van der Waals surface area contributed by atoms with Gasteiger partial charge >= 0.3 is 6.03 Å². The monoisotopic (exact) mass is 316 g/mol. The van der Waals surface area contributed by atoms with Gasteiger partial charge in [0.1, 0.15) is 0 Å². The van der Waals surface area contributed by atoms with E-state index in [2.05, 4.69) is 34.5 Å². The molecule has 0 saturated carbocycles. The Morgan fingerprint density at radius 2 is 1.91 bits per heavy atom. The zero-order valence-electron chi connectivity index (χ0n) is 13.3. The first kappa shape index (κ1) is 15.8. The SMILES string of the molecule is NC(=O)NCC(=O)N1C[C@@H]2CC[C@H]1CN(Cc1ccccc1)C2. The van der Waals surface area contributed by atoms with Gasteiger partial charge in [-0.1, -0.05) is 30.3 Å². The maximum absolute atomic E-state index is 12.3. The van der Waals surface area contributed by atoms with Crippen LogP contribution >= 0.6 is 0 Å². The summed E-state index contributed by atoms with van der Waals surface area (Å²) in [6.45, 7) is 3.63. The van der Waals surface area contributed by atoms with Gasteiger partial charge in [-0.05, 0) is 24.3 Å². The standard InChI is InChI=1S/C17H24N4O2/c18-17(23)19-8-16(22)21-11-14-6-7-15(21)12-20(10-14)9-13-4-2-1-3-5-13/h1-5,14-15H,6-12H2,(H3,18,19,23)/t14-,15+/m1/s1. The first-order chi connectivity index (χ1) is 11.1. The molecular formula is C17H24N4O2. The minimum atomic E-state index is -0.649. The van der Waals surface area contributed by atoms with E-state index in [1.165, 1.54) is 12.0 Å². The molecule has 1 aromatic carbocycles. The van der Waals surface area contributed by atoms with Crippen molar-refractivity contribution in [3.05, 3.63) is 35.9 Å². The number of rotatable bonds is 4. The van der Waals surface area contributed by atoms with Crippen LogP contribution in [0.5, 0.6) is 0 Å². The van der Waals surface area contributed by atoms with Crippen molar-refractivity contribution in [2.24, 2.45) is 11.7 Å². The summed E-state index contributed by atoms with van der Waals surface area (Å²) in [4.78, 5) is 27.5. The molecule has 0 radical (unpaired) electrons. The number of nitrogens with two attached hydrogens (primary N) is 1. The lowest BCUT2D eigenvalue weighted by Crippen LogP contribution is -2.51. The molecule has 0 aliphatic carbocycles. The second-order valence-electron chi connectivity index (χ2n) is 6.54. The number of carbonyl (C=O) groups is 2. The molecule has 0 aromatic heterocycles. The number of benzene rings is 1. The lowest BCUT2D eigenvalue weighted by atomic mass is 9.95. The van der Waals surface area contributed by atoms with Crippen LogP contribution < -0.4 is 11.1 Å². The van der Waals surface area contributed by atoms with E-state index < -0.39 is 6.03 Å². The summed E-state index contributed by atoms with van der Waals surface area (Å²) in [6, 6.07) is 10.0.